The van der Waals surface area contributed by atoms with Gasteiger partial charge in [-0.15, -0.1) is 0 Å². The van der Waals surface area contributed by atoms with Gasteiger partial charge in [0.25, 0.3) is 0 Å². The highest BCUT2D eigenvalue weighted by Crippen LogP contribution is 2.28. The van der Waals surface area contributed by atoms with Crippen LogP contribution in [0.5, 0.6) is 5.75 Å². The molecule has 1 aromatic carbocycles. The molecule has 0 amide bonds. The topological polar surface area (TPSA) is 21.3 Å². The lowest BCUT2D eigenvalue weighted by Gasteiger charge is -2.25. The van der Waals surface area contributed by atoms with E-state index < -0.39 is 0 Å². The summed E-state index contributed by atoms with van der Waals surface area (Å²) < 4.78 is 5.23. The predicted octanol–water partition coefficient (Wildman–Crippen LogP) is 4.51. The number of ether oxygens (including phenoxy) is 1. The van der Waals surface area contributed by atoms with Crippen molar-refractivity contribution in [2.24, 2.45) is 5.92 Å². The minimum Gasteiger partial charge on any atom is -0.497 e. The fourth-order valence-corrected chi connectivity index (χ4v) is 3.60. The molecule has 0 radical (unpaired) electrons. The third-order valence-electron chi connectivity index (χ3n) is 3.44. The monoisotopic (exact) mass is 295 g/mol. The van der Waals surface area contributed by atoms with Gasteiger partial charge in [-0.25, -0.2) is 0 Å². The van der Waals surface area contributed by atoms with Crippen molar-refractivity contribution in [1.29, 1.82) is 0 Å². The lowest BCUT2D eigenvalue weighted by molar-refractivity contribution is 0.414. The van der Waals surface area contributed by atoms with Crippen LogP contribution in [0, 0.1) is 5.92 Å². The van der Waals surface area contributed by atoms with Crippen LogP contribution in [0.1, 0.15) is 45.7 Å². The second-order valence-electron chi connectivity index (χ2n) is 5.57. The molecule has 0 saturated heterocycles. The first-order valence-electron chi connectivity index (χ1n) is 7.57. The lowest BCUT2D eigenvalue weighted by Crippen LogP contribution is -2.28. The first-order chi connectivity index (χ1) is 9.58. The Morgan fingerprint density at radius 1 is 1.15 bits per heavy atom. The third-order valence-corrected chi connectivity index (χ3v) is 4.71. The second kappa shape index (κ2) is 9.30. The maximum atomic E-state index is 5.23. The molecule has 0 bridgehead atoms. The van der Waals surface area contributed by atoms with E-state index >= 15 is 0 Å². The van der Waals surface area contributed by atoms with Crippen LogP contribution in [0.3, 0.4) is 0 Å². The van der Waals surface area contributed by atoms with Gasteiger partial charge in [0.1, 0.15) is 5.75 Å². The molecular formula is C17H29NOS. The number of thioether (sulfide) groups is 1. The summed E-state index contributed by atoms with van der Waals surface area (Å²) in [6.07, 6.45) is 1.29. The molecule has 0 aromatic heterocycles. The summed E-state index contributed by atoms with van der Waals surface area (Å²) in [6, 6.07) is 8.84. The van der Waals surface area contributed by atoms with Crippen molar-refractivity contribution in [3.63, 3.8) is 0 Å². The summed E-state index contributed by atoms with van der Waals surface area (Å²) in [5.41, 5.74) is 1.34. The van der Waals surface area contributed by atoms with Crippen LogP contribution in [0.15, 0.2) is 24.3 Å². The van der Waals surface area contributed by atoms with Crippen LogP contribution in [0.4, 0.5) is 0 Å². The Kier molecular flexibility index (Phi) is 8.08. The average molecular weight is 295 g/mol. The van der Waals surface area contributed by atoms with Crippen molar-refractivity contribution in [3.05, 3.63) is 29.8 Å². The van der Waals surface area contributed by atoms with Crippen molar-refractivity contribution in [2.75, 3.05) is 19.4 Å². The molecule has 2 unspecified atom stereocenters. The highest BCUT2D eigenvalue weighted by Gasteiger charge is 2.18. The van der Waals surface area contributed by atoms with Crippen molar-refractivity contribution >= 4 is 11.8 Å². The Morgan fingerprint density at radius 2 is 1.80 bits per heavy atom. The molecule has 2 nitrogen and oxygen atoms in total. The molecule has 0 heterocycles. The van der Waals surface area contributed by atoms with Crippen molar-refractivity contribution < 1.29 is 4.74 Å². The summed E-state index contributed by atoms with van der Waals surface area (Å²) in [5, 5.41) is 4.18. The van der Waals surface area contributed by atoms with Crippen molar-refractivity contribution in [1.82, 2.24) is 5.32 Å². The maximum Gasteiger partial charge on any atom is 0.118 e. The molecule has 0 fully saturated rings. The Bertz CT molecular complexity index is 364. The fourth-order valence-electron chi connectivity index (χ4n) is 2.17. The standard InChI is InChI=1S/C17H29NOS/c1-6-18-17(14(4)20-12-11-13(2)3)15-7-9-16(19-5)10-8-15/h7-10,13-14,17-18H,6,11-12H2,1-5H3. The van der Waals surface area contributed by atoms with Gasteiger partial charge < -0.3 is 10.1 Å². The molecule has 0 spiro atoms. The van der Waals surface area contributed by atoms with Gasteiger partial charge in [-0.1, -0.05) is 39.8 Å². The van der Waals surface area contributed by atoms with E-state index in [2.05, 4.69) is 56.9 Å². The molecule has 0 aliphatic carbocycles. The van der Waals surface area contributed by atoms with Gasteiger partial charge in [-0.3, -0.25) is 0 Å². The molecule has 20 heavy (non-hydrogen) atoms. The molecule has 1 N–H and O–H groups in total. The summed E-state index contributed by atoms with van der Waals surface area (Å²) >= 11 is 2.06. The number of nitrogens with one attached hydrogen (secondary N) is 1. The van der Waals surface area contributed by atoms with Crippen LogP contribution < -0.4 is 10.1 Å². The van der Waals surface area contributed by atoms with Crippen molar-refractivity contribution in [2.45, 2.75) is 45.4 Å². The van der Waals surface area contributed by atoms with Gasteiger partial charge in [0.2, 0.25) is 0 Å². The molecule has 0 saturated carbocycles. The first-order valence-corrected chi connectivity index (χ1v) is 8.62. The molecule has 1 rings (SSSR count). The van der Waals surface area contributed by atoms with Crippen LogP contribution in [0.25, 0.3) is 0 Å². The summed E-state index contributed by atoms with van der Waals surface area (Å²) in [7, 11) is 1.71. The Balaban J connectivity index is 2.65. The number of benzene rings is 1. The summed E-state index contributed by atoms with van der Waals surface area (Å²) in [6.45, 7) is 10.1. The van der Waals surface area contributed by atoms with E-state index in [0.717, 1.165) is 18.2 Å². The second-order valence-corrected chi connectivity index (χ2v) is 7.05. The number of hydrogen-bond donors (Lipinski definition) is 1. The largest absolute Gasteiger partial charge is 0.497 e. The Morgan fingerprint density at radius 3 is 2.30 bits per heavy atom. The van der Waals surface area contributed by atoms with E-state index in [0.29, 0.717) is 11.3 Å². The van der Waals surface area contributed by atoms with E-state index in [-0.39, 0.29) is 0 Å². The molecule has 0 aliphatic rings. The van der Waals surface area contributed by atoms with Gasteiger partial charge in [0, 0.05) is 11.3 Å². The molecule has 114 valence electrons. The quantitative estimate of drug-likeness (QED) is 0.724. The zero-order valence-electron chi connectivity index (χ0n) is 13.5. The van der Waals surface area contributed by atoms with E-state index in [1.165, 1.54) is 17.7 Å². The number of rotatable bonds is 9. The smallest absolute Gasteiger partial charge is 0.118 e. The average Bonchev–Trinajstić information content (AvgIpc) is 2.44. The Labute approximate surface area is 128 Å². The SMILES string of the molecule is CCNC(c1ccc(OC)cc1)C(C)SCCC(C)C. The highest BCUT2D eigenvalue weighted by molar-refractivity contribution is 7.99. The Hall–Kier alpha value is -0.670. The number of hydrogen-bond acceptors (Lipinski definition) is 3. The zero-order chi connectivity index (χ0) is 15.0. The molecule has 0 aliphatic heterocycles. The van der Waals surface area contributed by atoms with Crippen LogP contribution in [-0.2, 0) is 0 Å². The van der Waals surface area contributed by atoms with E-state index in [1.54, 1.807) is 7.11 Å². The molecule has 3 heteroatoms. The van der Waals surface area contributed by atoms with Gasteiger partial charge in [-0.2, -0.15) is 11.8 Å². The van der Waals surface area contributed by atoms with Crippen molar-refractivity contribution in [3.8, 4) is 5.75 Å². The van der Waals surface area contributed by atoms with E-state index in [9.17, 15) is 0 Å². The van der Waals surface area contributed by atoms with Gasteiger partial charge in [0.05, 0.1) is 7.11 Å². The van der Waals surface area contributed by atoms with Crippen LogP contribution in [-0.4, -0.2) is 24.7 Å². The molecule has 2 atom stereocenters. The predicted molar refractivity (Wildman–Crippen MR) is 90.8 cm³/mol. The fraction of sp³-hybridized carbons (Fsp3) is 0.647. The number of methoxy groups -OCH3 is 1. The van der Waals surface area contributed by atoms with E-state index in [1.807, 2.05) is 12.1 Å². The van der Waals surface area contributed by atoms with Gasteiger partial charge in [0.15, 0.2) is 0 Å². The summed E-state index contributed by atoms with van der Waals surface area (Å²) in [5.74, 6) is 2.94. The maximum absolute atomic E-state index is 5.23. The van der Waals surface area contributed by atoms with Crippen LogP contribution >= 0.6 is 11.8 Å². The lowest BCUT2D eigenvalue weighted by atomic mass is 10.0. The normalized spacial score (nSPS) is 14.3. The minimum atomic E-state index is 0.406. The van der Waals surface area contributed by atoms with Gasteiger partial charge >= 0.3 is 0 Å². The van der Waals surface area contributed by atoms with E-state index in [4.69, 9.17) is 4.74 Å². The minimum absolute atomic E-state index is 0.406. The third kappa shape index (κ3) is 5.76. The van der Waals surface area contributed by atoms with Gasteiger partial charge in [-0.05, 0) is 42.3 Å². The molecule has 1 aromatic rings. The summed E-state index contributed by atoms with van der Waals surface area (Å²) in [4.78, 5) is 0. The van der Waals surface area contributed by atoms with Crippen LogP contribution in [0.2, 0.25) is 0 Å². The highest BCUT2D eigenvalue weighted by atomic mass is 32.2. The first kappa shape index (κ1) is 17.4. The zero-order valence-corrected chi connectivity index (χ0v) is 14.3. The molecular weight excluding hydrogens is 266 g/mol.